The van der Waals surface area contributed by atoms with Crippen molar-refractivity contribution in [1.82, 2.24) is 0 Å². The fraction of sp³-hybridized carbons (Fsp3) is 0.500. The Morgan fingerprint density at radius 1 is 1.33 bits per heavy atom. The Hall–Kier alpha value is -1.55. The van der Waals surface area contributed by atoms with Gasteiger partial charge in [0, 0.05) is 0 Å². The highest BCUT2D eigenvalue weighted by atomic mass is 16.3. The van der Waals surface area contributed by atoms with Gasteiger partial charge in [0.1, 0.15) is 5.78 Å². The number of rotatable bonds is 5. The van der Waals surface area contributed by atoms with Gasteiger partial charge in [-0.15, -0.1) is 0 Å². The lowest BCUT2D eigenvalue weighted by atomic mass is 9.81. The highest BCUT2D eigenvalue weighted by Crippen LogP contribution is 2.28. The lowest BCUT2D eigenvalue weighted by Crippen LogP contribution is -2.49. The maximum absolute atomic E-state index is 11.7. The number of benzene rings is 1. The van der Waals surface area contributed by atoms with Crippen molar-refractivity contribution >= 4 is 5.78 Å². The van der Waals surface area contributed by atoms with E-state index in [1.54, 1.807) is 6.07 Å². The van der Waals surface area contributed by atoms with E-state index in [1.807, 2.05) is 13.8 Å². The molecular formula is C14H21NO3. The molecule has 0 fully saturated rings. The molecule has 1 unspecified atom stereocenters. The van der Waals surface area contributed by atoms with Gasteiger partial charge >= 0.3 is 0 Å². The number of nitrogens with two attached hydrogens (primary N) is 1. The van der Waals surface area contributed by atoms with Crippen molar-refractivity contribution < 1.29 is 15.0 Å². The molecular weight excluding hydrogens is 230 g/mol. The molecule has 0 aliphatic heterocycles. The maximum atomic E-state index is 11.7. The third kappa shape index (κ3) is 3.47. The zero-order valence-electron chi connectivity index (χ0n) is 11.1. The number of carbonyl (C=O) groups is 1. The molecule has 100 valence electrons. The molecule has 0 saturated carbocycles. The molecule has 0 saturated heterocycles. The highest BCUT2D eigenvalue weighted by molar-refractivity contribution is 5.86. The Bertz CT molecular complexity index is 443. The molecule has 1 aromatic carbocycles. The minimum Gasteiger partial charge on any atom is -0.504 e. The summed E-state index contributed by atoms with van der Waals surface area (Å²) in [6, 6.07) is 4.51. The van der Waals surface area contributed by atoms with Crippen LogP contribution >= 0.6 is 0 Å². The van der Waals surface area contributed by atoms with E-state index < -0.39 is 5.54 Å². The van der Waals surface area contributed by atoms with Crippen LogP contribution in [-0.2, 0) is 11.2 Å². The summed E-state index contributed by atoms with van der Waals surface area (Å²) in [5.74, 6) is -0.121. The van der Waals surface area contributed by atoms with Gasteiger partial charge in [-0.25, -0.2) is 0 Å². The predicted molar refractivity (Wildman–Crippen MR) is 70.5 cm³/mol. The second-order valence-electron chi connectivity index (χ2n) is 5.31. The van der Waals surface area contributed by atoms with Gasteiger partial charge in [-0.2, -0.15) is 0 Å². The summed E-state index contributed by atoms with van der Waals surface area (Å²) in [4.78, 5) is 11.7. The quantitative estimate of drug-likeness (QED) is 0.699. The standard InChI is InChI=1S/C14H21NO3/c1-9(2)7-14(15,10(3)16)8-11-4-5-12(17)13(18)6-11/h4-6,9,17-18H,7-8,15H2,1-3H3. The second kappa shape index (κ2) is 5.40. The Morgan fingerprint density at radius 2 is 1.94 bits per heavy atom. The molecule has 4 nitrogen and oxygen atoms in total. The van der Waals surface area contributed by atoms with Gasteiger partial charge in [-0.05, 0) is 43.4 Å². The summed E-state index contributed by atoms with van der Waals surface area (Å²) in [7, 11) is 0. The molecule has 0 amide bonds. The predicted octanol–water partition coefficient (Wildman–Crippen LogP) is 1.97. The van der Waals surface area contributed by atoms with Crippen molar-refractivity contribution in [3.05, 3.63) is 23.8 Å². The van der Waals surface area contributed by atoms with E-state index >= 15 is 0 Å². The molecule has 0 heterocycles. The van der Waals surface area contributed by atoms with Crippen LogP contribution < -0.4 is 5.73 Å². The third-order valence-corrected chi connectivity index (χ3v) is 3.03. The van der Waals surface area contributed by atoms with Crippen LogP contribution in [0.5, 0.6) is 11.5 Å². The zero-order chi connectivity index (χ0) is 13.9. The number of aromatic hydroxyl groups is 2. The first-order chi connectivity index (χ1) is 8.24. The van der Waals surface area contributed by atoms with Gasteiger partial charge in [0.05, 0.1) is 5.54 Å². The lowest BCUT2D eigenvalue weighted by molar-refractivity contribution is -0.122. The van der Waals surface area contributed by atoms with E-state index in [-0.39, 0.29) is 17.3 Å². The number of ketones is 1. The van der Waals surface area contributed by atoms with Gasteiger partial charge in [0.25, 0.3) is 0 Å². The van der Waals surface area contributed by atoms with Crippen molar-refractivity contribution in [3.63, 3.8) is 0 Å². The van der Waals surface area contributed by atoms with Crippen molar-refractivity contribution in [2.75, 3.05) is 0 Å². The fourth-order valence-corrected chi connectivity index (χ4v) is 2.11. The molecule has 0 aliphatic carbocycles. The first-order valence-electron chi connectivity index (χ1n) is 6.05. The monoisotopic (exact) mass is 251 g/mol. The number of carbonyl (C=O) groups excluding carboxylic acids is 1. The summed E-state index contributed by atoms with van der Waals surface area (Å²) in [5, 5.41) is 18.7. The maximum Gasteiger partial charge on any atom is 0.157 e. The van der Waals surface area contributed by atoms with Crippen LogP contribution in [0.1, 0.15) is 32.8 Å². The third-order valence-electron chi connectivity index (χ3n) is 3.03. The summed E-state index contributed by atoms with van der Waals surface area (Å²) in [6.45, 7) is 5.51. The second-order valence-corrected chi connectivity index (χ2v) is 5.31. The highest BCUT2D eigenvalue weighted by Gasteiger charge is 2.31. The topological polar surface area (TPSA) is 83.6 Å². The SMILES string of the molecule is CC(=O)C(N)(Cc1ccc(O)c(O)c1)CC(C)C. The largest absolute Gasteiger partial charge is 0.504 e. The molecule has 0 bridgehead atoms. The summed E-state index contributed by atoms with van der Waals surface area (Å²) < 4.78 is 0. The Morgan fingerprint density at radius 3 is 2.39 bits per heavy atom. The fourth-order valence-electron chi connectivity index (χ4n) is 2.11. The molecule has 0 spiro atoms. The van der Waals surface area contributed by atoms with Crippen LogP contribution in [0, 0.1) is 5.92 Å². The van der Waals surface area contributed by atoms with Crippen LogP contribution in [0.3, 0.4) is 0 Å². The van der Waals surface area contributed by atoms with E-state index in [2.05, 4.69) is 0 Å². The molecule has 1 rings (SSSR count). The smallest absolute Gasteiger partial charge is 0.157 e. The molecule has 0 radical (unpaired) electrons. The van der Waals surface area contributed by atoms with E-state index in [1.165, 1.54) is 19.1 Å². The lowest BCUT2D eigenvalue weighted by Gasteiger charge is -2.28. The van der Waals surface area contributed by atoms with Crippen LogP contribution in [0.15, 0.2) is 18.2 Å². The van der Waals surface area contributed by atoms with E-state index in [0.717, 1.165) is 5.56 Å². The number of phenols is 2. The van der Waals surface area contributed by atoms with E-state index in [0.29, 0.717) is 18.8 Å². The van der Waals surface area contributed by atoms with E-state index in [9.17, 15) is 15.0 Å². The van der Waals surface area contributed by atoms with Crippen LogP contribution in [0.25, 0.3) is 0 Å². The zero-order valence-corrected chi connectivity index (χ0v) is 11.1. The number of hydrogen-bond acceptors (Lipinski definition) is 4. The Labute approximate surface area is 107 Å². The van der Waals surface area contributed by atoms with Crippen LogP contribution in [0.4, 0.5) is 0 Å². The average Bonchev–Trinajstić information content (AvgIpc) is 2.22. The minimum absolute atomic E-state index is 0.0660. The van der Waals surface area contributed by atoms with Gasteiger partial charge in [0.2, 0.25) is 0 Å². The molecule has 4 heteroatoms. The normalized spacial score (nSPS) is 14.5. The first kappa shape index (κ1) is 14.5. The van der Waals surface area contributed by atoms with Crippen molar-refractivity contribution in [3.8, 4) is 11.5 Å². The number of phenolic OH excluding ortho intramolecular Hbond substituents is 2. The summed E-state index contributed by atoms with van der Waals surface area (Å²) in [5.41, 5.74) is 5.99. The molecule has 0 aromatic heterocycles. The molecule has 4 N–H and O–H groups in total. The number of Topliss-reactive ketones (excluding diaryl/α,β-unsaturated/α-hetero) is 1. The first-order valence-corrected chi connectivity index (χ1v) is 6.05. The Balaban J connectivity index is 2.96. The van der Waals surface area contributed by atoms with Crippen molar-refractivity contribution in [2.45, 2.75) is 39.2 Å². The van der Waals surface area contributed by atoms with Gasteiger partial charge in [0.15, 0.2) is 11.5 Å². The van der Waals surface area contributed by atoms with Crippen LogP contribution in [-0.4, -0.2) is 21.5 Å². The van der Waals surface area contributed by atoms with E-state index in [4.69, 9.17) is 5.73 Å². The van der Waals surface area contributed by atoms with Gasteiger partial charge in [-0.1, -0.05) is 19.9 Å². The molecule has 18 heavy (non-hydrogen) atoms. The van der Waals surface area contributed by atoms with Crippen molar-refractivity contribution in [1.29, 1.82) is 0 Å². The molecule has 1 atom stereocenters. The van der Waals surface area contributed by atoms with Crippen molar-refractivity contribution in [2.24, 2.45) is 11.7 Å². The number of hydrogen-bond donors (Lipinski definition) is 3. The van der Waals surface area contributed by atoms with Gasteiger partial charge < -0.3 is 15.9 Å². The average molecular weight is 251 g/mol. The van der Waals surface area contributed by atoms with Crippen LogP contribution in [0.2, 0.25) is 0 Å². The summed E-state index contributed by atoms with van der Waals surface area (Å²) >= 11 is 0. The summed E-state index contributed by atoms with van der Waals surface area (Å²) in [6.07, 6.45) is 0.943. The van der Waals surface area contributed by atoms with Gasteiger partial charge in [-0.3, -0.25) is 4.79 Å². The minimum atomic E-state index is -0.919. The Kier molecular flexibility index (Phi) is 4.35. The molecule has 0 aliphatic rings. The molecule has 1 aromatic rings.